The van der Waals surface area contributed by atoms with Gasteiger partial charge < -0.3 is 15.8 Å². The van der Waals surface area contributed by atoms with E-state index in [-0.39, 0.29) is 0 Å². The Kier molecular flexibility index (Phi) is 7.10. The van der Waals surface area contributed by atoms with Crippen LogP contribution in [0.15, 0.2) is 6.33 Å². The van der Waals surface area contributed by atoms with E-state index in [4.69, 9.17) is 10.5 Å². The third-order valence-corrected chi connectivity index (χ3v) is 2.59. The van der Waals surface area contributed by atoms with Crippen molar-refractivity contribution in [1.82, 2.24) is 9.97 Å². The summed E-state index contributed by atoms with van der Waals surface area (Å²) in [5, 5.41) is 3.30. The number of anilines is 2. The molecule has 0 saturated heterocycles. The molecule has 0 bridgehead atoms. The molecule has 0 aliphatic heterocycles. The van der Waals surface area contributed by atoms with E-state index < -0.39 is 0 Å². The van der Waals surface area contributed by atoms with E-state index in [0.717, 1.165) is 56.8 Å². The maximum atomic E-state index is 5.86. The molecule has 0 radical (unpaired) electrons. The molecule has 18 heavy (non-hydrogen) atoms. The normalized spacial score (nSPS) is 10.6. The molecule has 0 amide bonds. The van der Waals surface area contributed by atoms with Crippen LogP contribution >= 0.6 is 0 Å². The molecule has 102 valence electrons. The summed E-state index contributed by atoms with van der Waals surface area (Å²) in [4.78, 5) is 8.28. The Morgan fingerprint density at radius 2 is 2.06 bits per heavy atom. The van der Waals surface area contributed by atoms with Crippen LogP contribution in [0, 0.1) is 0 Å². The van der Waals surface area contributed by atoms with Crippen molar-refractivity contribution in [2.24, 2.45) is 0 Å². The second-order valence-electron chi connectivity index (χ2n) is 4.23. The van der Waals surface area contributed by atoms with Gasteiger partial charge in [0, 0.05) is 25.3 Å². The first kappa shape index (κ1) is 14.7. The van der Waals surface area contributed by atoms with Crippen LogP contribution in [0.3, 0.4) is 0 Å². The van der Waals surface area contributed by atoms with Crippen molar-refractivity contribution >= 4 is 11.6 Å². The molecule has 0 aromatic carbocycles. The molecule has 1 heterocycles. The van der Waals surface area contributed by atoms with Crippen molar-refractivity contribution in [1.29, 1.82) is 0 Å². The summed E-state index contributed by atoms with van der Waals surface area (Å²) in [6, 6.07) is 0. The molecule has 0 aliphatic rings. The van der Waals surface area contributed by atoms with Gasteiger partial charge in [-0.2, -0.15) is 0 Å². The van der Waals surface area contributed by atoms with Crippen molar-refractivity contribution in [2.45, 2.75) is 39.5 Å². The zero-order valence-corrected chi connectivity index (χ0v) is 11.4. The maximum Gasteiger partial charge on any atom is 0.134 e. The lowest BCUT2D eigenvalue weighted by molar-refractivity contribution is 0.134. The zero-order chi connectivity index (χ0) is 13.2. The van der Waals surface area contributed by atoms with Crippen molar-refractivity contribution in [2.75, 3.05) is 30.8 Å². The number of nitrogen functional groups attached to an aromatic ring is 1. The molecule has 3 N–H and O–H groups in total. The minimum atomic E-state index is 0.580. The van der Waals surface area contributed by atoms with Crippen molar-refractivity contribution in [3.63, 3.8) is 0 Å². The van der Waals surface area contributed by atoms with Gasteiger partial charge in [-0.05, 0) is 19.3 Å². The SMILES string of the molecule is CCCOCCCNc1ncnc(N)c1CCC. The number of aromatic nitrogens is 2. The highest BCUT2D eigenvalue weighted by Crippen LogP contribution is 2.18. The van der Waals surface area contributed by atoms with E-state index in [2.05, 4.69) is 29.1 Å². The average molecular weight is 252 g/mol. The van der Waals surface area contributed by atoms with Gasteiger partial charge in [-0.3, -0.25) is 0 Å². The molecule has 5 heteroatoms. The van der Waals surface area contributed by atoms with Gasteiger partial charge in [0.15, 0.2) is 0 Å². The molecule has 1 aromatic heterocycles. The summed E-state index contributed by atoms with van der Waals surface area (Å²) in [5.74, 6) is 1.44. The van der Waals surface area contributed by atoms with Gasteiger partial charge in [0.1, 0.15) is 18.0 Å². The summed E-state index contributed by atoms with van der Waals surface area (Å²) >= 11 is 0. The Balaban J connectivity index is 2.39. The summed E-state index contributed by atoms with van der Waals surface area (Å²) in [6.45, 7) is 6.69. The number of nitrogens with zero attached hydrogens (tertiary/aromatic N) is 2. The summed E-state index contributed by atoms with van der Waals surface area (Å²) in [5.41, 5.74) is 6.88. The fraction of sp³-hybridized carbons (Fsp3) is 0.692. The highest BCUT2D eigenvalue weighted by molar-refractivity contribution is 5.54. The van der Waals surface area contributed by atoms with Crippen LogP contribution in [0.5, 0.6) is 0 Å². The second kappa shape index (κ2) is 8.69. The molecule has 5 nitrogen and oxygen atoms in total. The van der Waals surface area contributed by atoms with Crippen LogP contribution in [0.1, 0.15) is 38.7 Å². The molecule has 0 atom stereocenters. The Morgan fingerprint density at radius 1 is 1.22 bits per heavy atom. The Labute approximate surface area is 109 Å². The minimum absolute atomic E-state index is 0.580. The van der Waals surface area contributed by atoms with Crippen molar-refractivity contribution < 1.29 is 4.74 Å². The third kappa shape index (κ3) is 4.87. The summed E-state index contributed by atoms with van der Waals surface area (Å²) in [6.07, 6.45) is 5.48. The maximum absolute atomic E-state index is 5.86. The Bertz CT molecular complexity index is 344. The Hall–Kier alpha value is -1.36. The van der Waals surface area contributed by atoms with Crippen LogP contribution < -0.4 is 11.1 Å². The quantitative estimate of drug-likeness (QED) is 0.659. The first-order valence-corrected chi connectivity index (χ1v) is 6.70. The fourth-order valence-corrected chi connectivity index (χ4v) is 1.70. The number of nitrogens with two attached hydrogens (primary N) is 1. The molecule has 0 spiro atoms. The predicted octanol–water partition coefficient (Wildman–Crippen LogP) is 2.24. The van der Waals surface area contributed by atoms with E-state index in [1.807, 2.05) is 0 Å². The molecule has 0 aliphatic carbocycles. The first-order valence-electron chi connectivity index (χ1n) is 6.70. The number of nitrogens with one attached hydrogen (secondary N) is 1. The molecule has 0 saturated carbocycles. The highest BCUT2D eigenvalue weighted by atomic mass is 16.5. The Morgan fingerprint density at radius 3 is 2.78 bits per heavy atom. The van der Waals surface area contributed by atoms with E-state index in [9.17, 15) is 0 Å². The summed E-state index contributed by atoms with van der Waals surface area (Å²) < 4.78 is 5.42. The molecular weight excluding hydrogens is 228 g/mol. The lowest BCUT2D eigenvalue weighted by Crippen LogP contribution is -2.11. The number of hydrogen-bond donors (Lipinski definition) is 2. The molecule has 0 unspecified atom stereocenters. The predicted molar refractivity (Wildman–Crippen MR) is 74.7 cm³/mol. The zero-order valence-electron chi connectivity index (χ0n) is 11.4. The topological polar surface area (TPSA) is 73.1 Å². The van der Waals surface area contributed by atoms with Gasteiger partial charge >= 0.3 is 0 Å². The monoisotopic (exact) mass is 252 g/mol. The molecule has 1 aromatic rings. The third-order valence-electron chi connectivity index (χ3n) is 2.59. The van der Waals surface area contributed by atoms with Crippen LogP contribution in [-0.4, -0.2) is 29.7 Å². The highest BCUT2D eigenvalue weighted by Gasteiger charge is 2.07. The smallest absolute Gasteiger partial charge is 0.134 e. The van der Waals surface area contributed by atoms with E-state index in [0.29, 0.717) is 5.82 Å². The second-order valence-corrected chi connectivity index (χ2v) is 4.23. The van der Waals surface area contributed by atoms with Crippen LogP contribution in [0.4, 0.5) is 11.6 Å². The van der Waals surface area contributed by atoms with Crippen molar-refractivity contribution in [3.05, 3.63) is 11.9 Å². The van der Waals surface area contributed by atoms with Crippen LogP contribution in [0.25, 0.3) is 0 Å². The minimum Gasteiger partial charge on any atom is -0.383 e. The van der Waals surface area contributed by atoms with Gasteiger partial charge in [-0.25, -0.2) is 9.97 Å². The van der Waals surface area contributed by atoms with E-state index in [1.54, 1.807) is 0 Å². The van der Waals surface area contributed by atoms with Crippen LogP contribution in [-0.2, 0) is 11.2 Å². The fourth-order valence-electron chi connectivity index (χ4n) is 1.70. The lowest BCUT2D eigenvalue weighted by Gasteiger charge is -2.11. The van der Waals surface area contributed by atoms with Gasteiger partial charge in [-0.15, -0.1) is 0 Å². The van der Waals surface area contributed by atoms with Gasteiger partial charge in [0.25, 0.3) is 0 Å². The molecule has 1 rings (SSSR count). The van der Waals surface area contributed by atoms with E-state index >= 15 is 0 Å². The first-order chi connectivity index (χ1) is 8.79. The number of rotatable bonds is 9. The van der Waals surface area contributed by atoms with Gasteiger partial charge in [0.05, 0.1) is 0 Å². The van der Waals surface area contributed by atoms with Crippen molar-refractivity contribution in [3.8, 4) is 0 Å². The van der Waals surface area contributed by atoms with Gasteiger partial charge in [-0.1, -0.05) is 20.3 Å². The number of ether oxygens (including phenoxy) is 1. The summed E-state index contributed by atoms with van der Waals surface area (Å²) in [7, 11) is 0. The average Bonchev–Trinajstić information content (AvgIpc) is 2.37. The standard InChI is InChI=1S/C13H24N4O/c1-3-6-11-12(14)16-10-17-13(11)15-7-5-9-18-8-4-2/h10H,3-9H2,1-2H3,(H3,14,15,16,17). The molecule has 0 fully saturated rings. The largest absolute Gasteiger partial charge is 0.383 e. The van der Waals surface area contributed by atoms with Gasteiger partial charge in [0.2, 0.25) is 0 Å². The van der Waals surface area contributed by atoms with Crippen LogP contribution in [0.2, 0.25) is 0 Å². The van der Waals surface area contributed by atoms with E-state index in [1.165, 1.54) is 6.33 Å². The molecular formula is C13H24N4O. The number of hydrogen-bond acceptors (Lipinski definition) is 5. The lowest BCUT2D eigenvalue weighted by atomic mass is 10.1.